The van der Waals surface area contributed by atoms with Crippen molar-refractivity contribution >= 4 is 5.91 Å². The molecule has 2 aromatic rings. The van der Waals surface area contributed by atoms with Crippen LogP contribution in [0.2, 0.25) is 0 Å². The van der Waals surface area contributed by atoms with E-state index in [-0.39, 0.29) is 11.9 Å². The van der Waals surface area contributed by atoms with Gasteiger partial charge in [0.15, 0.2) is 0 Å². The molecule has 2 fully saturated rings. The summed E-state index contributed by atoms with van der Waals surface area (Å²) in [5, 5.41) is 0. The van der Waals surface area contributed by atoms with Crippen molar-refractivity contribution < 1.29 is 9.21 Å². The average molecular weight is 340 g/mol. The molecule has 3 heterocycles. The predicted molar refractivity (Wildman–Crippen MR) is 93.1 cm³/mol. The lowest BCUT2D eigenvalue weighted by molar-refractivity contribution is 0.0549. The molecule has 132 valence electrons. The first-order valence-corrected chi connectivity index (χ1v) is 9.04. The minimum Gasteiger partial charge on any atom is -0.467 e. The van der Waals surface area contributed by atoms with Crippen molar-refractivity contribution in [2.75, 3.05) is 20.1 Å². The van der Waals surface area contributed by atoms with Crippen LogP contribution in [-0.2, 0) is 6.54 Å². The Morgan fingerprint density at radius 2 is 1.96 bits per heavy atom. The summed E-state index contributed by atoms with van der Waals surface area (Å²) >= 11 is 0. The second-order valence-electron chi connectivity index (χ2n) is 7.15. The Morgan fingerprint density at radius 1 is 1.24 bits per heavy atom. The summed E-state index contributed by atoms with van der Waals surface area (Å²) in [4.78, 5) is 26.2. The van der Waals surface area contributed by atoms with Gasteiger partial charge in [-0.15, -0.1) is 0 Å². The van der Waals surface area contributed by atoms with Crippen LogP contribution in [-0.4, -0.2) is 51.9 Å². The maximum absolute atomic E-state index is 13.1. The van der Waals surface area contributed by atoms with Crippen LogP contribution in [0.5, 0.6) is 0 Å². The average Bonchev–Trinajstić information content (AvgIpc) is 3.37. The van der Waals surface area contributed by atoms with Crippen LogP contribution in [0.15, 0.2) is 35.2 Å². The largest absolute Gasteiger partial charge is 0.467 e. The third-order valence-corrected chi connectivity index (χ3v) is 5.16. The quantitative estimate of drug-likeness (QED) is 0.837. The molecule has 6 nitrogen and oxygen atoms in total. The Hall–Kier alpha value is -2.21. The number of carbonyl (C=O) groups is 1. The zero-order valence-electron chi connectivity index (χ0n) is 14.6. The van der Waals surface area contributed by atoms with Crippen molar-refractivity contribution in [1.29, 1.82) is 0 Å². The van der Waals surface area contributed by atoms with E-state index in [1.165, 1.54) is 0 Å². The highest BCUT2D eigenvalue weighted by Crippen LogP contribution is 2.37. The number of nitrogens with zero attached hydrogens (tertiary/aromatic N) is 4. The van der Waals surface area contributed by atoms with E-state index in [2.05, 4.69) is 21.9 Å². The number of rotatable bonds is 5. The fraction of sp³-hybridized carbons (Fsp3) is 0.526. The first kappa shape index (κ1) is 16.3. The summed E-state index contributed by atoms with van der Waals surface area (Å²) in [5.41, 5.74) is 0.565. The molecule has 0 N–H and O–H groups in total. The van der Waals surface area contributed by atoms with E-state index in [4.69, 9.17) is 4.42 Å². The van der Waals surface area contributed by atoms with Gasteiger partial charge in [-0.25, -0.2) is 9.97 Å². The molecule has 1 aliphatic heterocycles. The topological polar surface area (TPSA) is 62.5 Å². The summed E-state index contributed by atoms with van der Waals surface area (Å²) in [5.74, 6) is 2.17. The molecule has 2 aromatic heterocycles. The Morgan fingerprint density at radius 3 is 2.56 bits per heavy atom. The van der Waals surface area contributed by atoms with Crippen molar-refractivity contribution in [2.24, 2.45) is 0 Å². The third-order valence-electron chi connectivity index (χ3n) is 5.16. The van der Waals surface area contributed by atoms with Crippen molar-refractivity contribution in [2.45, 2.75) is 44.2 Å². The molecule has 0 spiro atoms. The van der Waals surface area contributed by atoms with Crippen molar-refractivity contribution in [3.8, 4) is 0 Å². The number of aromatic nitrogens is 2. The first-order valence-electron chi connectivity index (χ1n) is 9.04. The molecule has 0 bridgehead atoms. The maximum Gasteiger partial charge on any atom is 0.257 e. The van der Waals surface area contributed by atoms with E-state index in [0.717, 1.165) is 50.4 Å². The first-order chi connectivity index (χ1) is 12.2. The lowest BCUT2D eigenvalue weighted by atomic mass is 10.0. The molecule has 0 aromatic carbocycles. The molecular formula is C19H24N4O2. The highest BCUT2D eigenvalue weighted by molar-refractivity contribution is 5.93. The molecule has 0 atom stereocenters. The molecule has 4 rings (SSSR count). The molecule has 25 heavy (non-hydrogen) atoms. The van der Waals surface area contributed by atoms with Gasteiger partial charge in [0.1, 0.15) is 11.6 Å². The predicted octanol–water partition coefficient (Wildman–Crippen LogP) is 2.68. The van der Waals surface area contributed by atoms with Crippen molar-refractivity contribution in [3.63, 3.8) is 0 Å². The number of likely N-dealkylation sites (tertiary alicyclic amines) is 1. The van der Waals surface area contributed by atoms with E-state index in [1.54, 1.807) is 18.7 Å². The third kappa shape index (κ3) is 3.74. The van der Waals surface area contributed by atoms with Crippen LogP contribution in [0.1, 0.15) is 53.5 Å². The minimum absolute atomic E-state index is 0.00620. The normalized spacial score (nSPS) is 19.1. The van der Waals surface area contributed by atoms with Crippen LogP contribution in [0.3, 0.4) is 0 Å². The Labute approximate surface area is 147 Å². The molecular weight excluding hydrogens is 316 g/mol. The van der Waals surface area contributed by atoms with Gasteiger partial charge in [0, 0.05) is 24.4 Å². The van der Waals surface area contributed by atoms with Crippen LogP contribution < -0.4 is 0 Å². The number of piperidine rings is 1. The summed E-state index contributed by atoms with van der Waals surface area (Å²) in [6.07, 6.45) is 9.30. The number of furan rings is 1. The van der Waals surface area contributed by atoms with E-state index >= 15 is 0 Å². The van der Waals surface area contributed by atoms with E-state index in [1.807, 2.05) is 17.0 Å². The number of carbonyl (C=O) groups excluding carboxylic acids is 1. The minimum atomic E-state index is -0.00620. The molecule has 1 saturated carbocycles. The molecule has 1 amide bonds. The van der Waals surface area contributed by atoms with Gasteiger partial charge < -0.3 is 14.2 Å². The Kier molecular flexibility index (Phi) is 4.53. The fourth-order valence-electron chi connectivity index (χ4n) is 3.41. The lowest BCUT2D eigenvalue weighted by Crippen LogP contribution is -2.46. The second kappa shape index (κ2) is 6.96. The van der Waals surface area contributed by atoms with E-state index in [9.17, 15) is 4.79 Å². The van der Waals surface area contributed by atoms with Gasteiger partial charge in [0.25, 0.3) is 5.91 Å². The molecule has 2 aliphatic rings. The smallest absolute Gasteiger partial charge is 0.257 e. The molecule has 6 heteroatoms. The summed E-state index contributed by atoms with van der Waals surface area (Å²) in [6, 6.07) is 4.00. The fourth-order valence-corrected chi connectivity index (χ4v) is 3.41. The SMILES string of the molecule is CN1CCC(N(Cc2ccco2)C(=O)c2cnc(C3CC3)nc2)CC1. The highest BCUT2D eigenvalue weighted by Gasteiger charge is 2.30. The molecule has 0 radical (unpaired) electrons. The van der Waals surface area contributed by atoms with Gasteiger partial charge in [-0.3, -0.25) is 4.79 Å². The van der Waals surface area contributed by atoms with Gasteiger partial charge in [0.05, 0.1) is 18.4 Å². The van der Waals surface area contributed by atoms with Gasteiger partial charge in [0.2, 0.25) is 0 Å². The van der Waals surface area contributed by atoms with Gasteiger partial charge in [-0.05, 0) is 58.0 Å². The zero-order valence-corrected chi connectivity index (χ0v) is 14.6. The van der Waals surface area contributed by atoms with Crippen LogP contribution in [0.25, 0.3) is 0 Å². The zero-order chi connectivity index (χ0) is 17.2. The van der Waals surface area contributed by atoms with Crippen LogP contribution in [0.4, 0.5) is 0 Å². The summed E-state index contributed by atoms with van der Waals surface area (Å²) < 4.78 is 5.49. The number of hydrogen-bond acceptors (Lipinski definition) is 5. The highest BCUT2D eigenvalue weighted by atomic mass is 16.3. The van der Waals surface area contributed by atoms with Gasteiger partial charge in [-0.1, -0.05) is 0 Å². The van der Waals surface area contributed by atoms with Crippen molar-refractivity contribution in [3.05, 3.63) is 47.9 Å². The molecule has 0 unspecified atom stereocenters. The summed E-state index contributed by atoms with van der Waals surface area (Å²) in [6.45, 7) is 2.50. The van der Waals surface area contributed by atoms with Crippen LogP contribution in [0, 0.1) is 0 Å². The molecule has 1 saturated heterocycles. The molecule has 1 aliphatic carbocycles. The monoisotopic (exact) mass is 340 g/mol. The Bertz CT molecular complexity index is 702. The second-order valence-corrected chi connectivity index (χ2v) is 7.15. The lowest BCUT2D eigenvalue weighted by Gasteiger charge is -2.37. The number of amides is 1. The van der Waals surface area contributed by atoms with Gasteiger partial charge in [-0.2, -0.15) is 0 Å². The van der Waals surface area contributed by atoms with Crippen LogP contribution >= 0.6 is 0 Å². The Balaban J connectivity index is 1.53. The van der Waals surface area contributed by atoms with E-state index < -0.39 is 0 Å². The maximum atomic E-state index is 13.1. The number of hydrogen-bond donors (Lipinski definition) is 0. The summed E-state index contributed by atoms with van der Waals surface area (Å²) in [7, 11) is 2.12. The standard InChI is InChI=1S/C19H24N4O2/c1-22-8-6-16(7-9-22)23(13-17-3-2-10-25-17)19(24)15-11-20-18(21-12-15)14-4-5-14/h2-3,10-12,14,16H,4-9,13H2,1H3. The van der Waals surface area contributed by atoms with E-state index in [0.29, 0.717) is 18.0 Å². The van der Waals surface area contributed by atoms with Crippen molar-refractivity contribution in [1.82, 2.24) is 19.8 Å². The van der Waals surface area contributed by atoms with Gasteiger partial charge >= 0.3 is 0 Å².